The summed E-state index contributed by atoms with van der Waals surface area (Å²) in [6.07, 6.45) is 4.12. The van der Waals surface area contributed by atoms with E-state index in [0.717, 1.165) is 44.7 Å². The molecule has 21 heavy (non-hydrogen) atoms. The fraction of sp³-hybridized carbons (Fsp3) is 0.588. The minimum absolute atomic E-state index is 0.162. The van der Waals surface area contributed by atoms with E-state index < -0.39 is 0 Å². The predicted octanol–water partition coefficient (Wildman–Crippen LogP) is 3.20. The van der Waals surface area contributed by atoms with Crippen molar-refractivity contribution in [2.24, 2.45) is 5.92 Å². The first-order valence-corrected chi connectivity index (χ1v) is 8.90. The number of ether oxygens (including phenoxy) is 1. The lowest BCUT2D eigenvalue weighted by Crippen LogP contribution is -2.45. The number of piperidine rings is 1. The topological polar surface area (TPSA) is 29.5 Å². The van der Waals surface area contributed by atoms with E-state index in [-0.39, 0.29) is 12.0 Å². The summed E-state index contributed by atoms with van der Waals surface area (Å²) in [5.41, 5.74) is 0. The molecule has 2 saturated heterocycles. The maximum Gasteiger partial charge on any atom is 0.251 e. The Labute approximate surface area is 131 Å². The van der Waals surface area contributed by atoms with Crippen LogP contribution >= 0.6 is 11.8 Å². The van der Waals surface area contributed by atoms with Gasteiger partial charge in [0, 0.05) is 30.3 Å². The van der Waals surface area contributed by atoms with Crippen molar-refractivity contribution in [3.63, 3.8) is 0 Å². The van der Waals surface area contributed by atoms with Gasteiger partial charge >= 0.3 is 0 Å². The van der Waals surface area contributed by atoms with Crippen molar-refractivity contribution in [2.45, 2.75) is 36.7 Å². The summed E-state index contributed by atoms with van der Waals surface area (Å²) in [4.78, 5) is 15.8. The van der Waals surface area contributed by atoms with Crippen LogP contribution in [0.4, 0.5) is 0 Å². The second-order valence-electron chi connectivity index (χ2n) is 5.92. The van der Waals surface area contributed by atoms with Gasteiger partial charge in [-0.15, -0.1) is 11.8 Å². The van der Waals surface area contributed by atoms with Gasteiger partial charge in [-0.05, 0) is 43.7 Å². The number of carbonyl (C=O) groups is 1. The number of amides is 1. The minimum Gasteiger partial charge on any atom is -0.368 e. The molecular weight excluding hydrogens is 282 g/mol. The highest BCUT2D eigenvalue weighted by molar-refractivity contribution is 7.99. The highest BCUT2D eigenvalue weighted by Gasteiger charge is 2.31. The molecule has 2 fully saturated rings. The van der Waals surface area contributed by atoms with Crippen LogP contribution in [0.2, 0.25) is 0 Å². The van der Waals surface area contributed by atoms with E-state index in [1.807, 2.05) is 22.7 Å². The zero-order chi connectivity index (χ0) is 14.5. The number of rotatable bonds is 4. The van der Waals surface area contributed by atoms with Gasteiger partial charge < -0.3 is 9.64 Å². The van der Waals surface area contributed by atoms with Crippen molar-refractivity contribution in [1.82, 2.24) is 4.90 Å². The molecule has 2 unspecified atom stereocenters. The standard InChI is InChI=1S/C17H23NO2S/c19-17(16-9-5-11-20-16)18-10-4-6-14(12-18)13-21-15-7-2-1-3-8-15/h1-3,7-8,14,16H,4-6,9-13H2. The molecule has 4 heteroatoms. The number of thioether (sulfide) groups is 1. The Balaban J connectivity index is 1.49. The molecule has 0 N–H and O–H groups in total. The van der Waals surface area contributed by atoms with Crippen LogP contribution in [0.15, 0.2) is 35.2 Å². The molecule has 114 valence electrons. The molecule has 0 aromatic heterocycles. The van der Waals surface area contributed by atoms with Crippen molar-refractivity contribution in [3.8, 4) is 0 Å². The monoisotopic (exact) mass is 305 g/mol. The van der Waals surface area contributed by atoms with Crippen molar-refractivity contribution in [2.75, 3.05) is 25.4 Å². The van der Waals surface area contributed by atoms with Crippen molar-refractivity contribution < 1.29 is 9.53 Å². The molecule has 3 nitrogen and oxygen atoms in total. The number of nitrogens with zero attached hydrogens (tertiary/aromatic N) is 1. The molecule has 2 aliphatic heterocycles. The highest BCUT2D eigenvalue weighted by atomic mass is 32.2. The van der Waals surface area contributed by atoms with Gasteiger partial charge in [-0.2, -0.15) is 0 Å². The Morgan fingerprint density at radius 1 is 1.24 bits per heavy atom. The Morgan fingerprint density at radius 3 is 2.86 bits per heavy atom. The summed E-state index contributed by atoms with van der Waals surface area (Å²) in [6.45, 7) is 2.56. The van der Waals surface area contributed by atoms with Gasteiger partial charge in [0.2, 0.25) is 0 Å². The number of hydrogen-bond donors (Lipinski definition) is 0. The fourth-order valence-corrected chi connectivity index (χ4v) is 4.16. The fourth-order valence-electron chi connectivity index (χ4n) is 3.11. The molecule has 1 aromatic rings. The van der Waals surface area contributed by atoms with E-state index in [0.29, 0.717) is 5.92 Å². The Hall–Kier alpha value is -1.00. The SMILES string of the molecule is O=C(C1CCCO1)N1CCCC(CSc2ccccc2)C1. The summed E-state index contributed by atoms with van der Waals surface area (Å²) in [5.74, 6) is 1.93. The molecule has 2 aliphatic rings. The van der Waals surface area contributed by atoms with Gasteiger partial charge in [0.15, 0.2) is 0 Å². The number of benzene rings is 1. The number of carbonyl (C=O) groups excluding carboxylic acids is 1. The van der Waals surface area contributed by atoms with E-state index in [4.69, 9.17) is 4.74 Å². The second-order valence-corrected chi connectivity index (χ2v) is 7.01. The van der Waals surface area contributed by atoms with Crippen LogP contribution in [0.3, 0.4) is 0 Å². The zero-order valence-corrected chi connectivity index (χ0v) is 13.2. The normalized spacial score (nSPS) is 26.0. The third-order valence-corrected chi connectivity index (χ3v) is 5.51. The molecule has 0 bridgehead atoms. The summed E-state index contributed by atoms with van der Waals surface area (Å²) in [7, 11) is 0. The zero-order valence-electron chi connectivity index (χ0n) is 12.4. The third-order valence-electron chi connectivity index (χ3n) is 4.26. The lowest BCUT2D eigenvalue weighted by molar-refractivity contribution is -0.142. The van der Waals surface area contributed by atoms with Crippen molar-refractivity contribution in [3.05, 3.63) is 30.3 Å². The molecule has 0 radical (unpaired) electrons. The van der Waals surface area contributed by atoms with Crippen molar-refractivity contribution in [1.29, 1.82) is 0 Å². The van der Waals surface area contributed by atoms with Crippen LogP contribution in [0.5, 0.6) is 0 Å². The Bertz CT molecular complexity index is 459. The first-order valence-electron chi connectivity index (χ1n) is 7.91. The average Bonchev–Trinajstić information content (AvgIpc) is 3.08. The predicted molar refractivity (Wildman–Crippen MR) is 85.4 cm³/mol. The van der Waals surface area contributed by atoms with Crippen LogP contribution in [-0.2, 0) is 9.53 Å². The number of likely N-dealkylation sites (tertiary alicyclic amines) is 1. The molecule has 1 aromatic carbocycles. The van der Waals surface area contributed by atoms with E-state index >= 15 is 0 Å². The third kappa shape index (κ3) is 4.01. The maximum atomic E-state index is 12.4. The van der Waals surface area contributed by atoms with Gasteiger partial charge in [0.05, 0.1) is 0 Å². The molecule has 0 aliphatic carbocycles. The van der Waals surface area contributed by atoms with Crippen LogP contribution in [0, 0.1) is 5.92 Å². The molecule has 2 heterocycles. The molecule has 0 spiro atoms. The van der Waals surface area contributed by atoms with Crippen LogP contribution in [0.25, 0.3) is 0 Å². The van der Waals surface area contributed by atoms with E-state index in [2.05, 4.69) is 24.3 Å². The summed E-state index contributed by atoms with van der Waals surface area (Å²) < 4.78 is 5.54. The van der Waals surface area contributed by atoms with E-state index in [1.54, 1.807) is 0 Å². The van der Waals surface area contributed by atoms with Crippen LogP contribution in [0.1, 0.15) is 25.7 Å². The lowest BCUT2D eigenvalue weighted by atomic mass is 9.99. The molecule has 2 atom stereocenters. The smallest absolute Gasteiger partial charge is 0.251 e. The van der Waals surface area contributed by atoms with Gasteiger partial charge in [-0.3, -0.25) is 4.79 Å². The second kappa shape index (κ2) is 7.32. The van der Waals surface area contributed by atoms with E-state index in [1.165, 1.54) is 11.3 Å². The highest BCUT2D eigenvalue weighted by Crippen LogP contribution is 2.27. The Kier molecular flexibility index (Phi) is 5.20. The summed E-state index contributed by atoms with van der Waals surface area (Å²) in [6, 6.07) is 10.5. The van der Waals surface area contributed by atoms with Gasteiger partial charge in [0.1, 0.15) is 6.10 Å². The van der Waals surface area contributed by atoms with Crippen LogP contribution < -0.4 is 0 Å². The quantitative estimate of drug-likeness (QED) is 0.800. The van der Waals surface area contributed by atoms with E-state index in [9.17, 15) is 4.79 Å². The van der Waals surface area contributed by atoms with Gasteiger partial charge in [0.25, 0.3) is 5.91 Å². The summed E-state index contributed by atoms with van der Waals surface area (Å²) in [5, 5.41) is 0. The first-order chi connectivity index (χ1) is 10.3. The van der Waals surface area contributed by atoms with Gasteiger partial charge in [-0.25, -0.2) is 0 Å². The molecular formula is C17H23NO2S. The lowest BCUT2D eigenvalue weighted by Gasteiger charge is -2.34. The van der Waals surface area contributed by atoms with Crippen LogP contribution in [-0.4, -0.2) is 42.4 Å². The van der Waals surface area contributed by atoms with Crippen molar-refractivity contribution >= 4 is 17.7 Å². The first kappa shape index (κ1) is 14.9. The van der Waals surface area contributed by atoms with Gasteiger partial charge in [-0.1, -0.05) is 18.2 Å². The summed E-state index contributed by atoms with van der Waals surface area (Å²) >= 11 is 1.90. The molecule has 3 rings (SSSR count). The minimum atomic E-state index is -0.162. The Morgan fingerprint density at radius 2 is 2.10 bits per heavy atom. The molecule has 1 amide bonds. The number of hydrogen-bond acceptors (Lipinski definition) is 3. The molecule has 0 saturated carbocycles. The largest absolute Gasteiger partial charge is 0.368 e. The average molecular weight is 305 g/mol. The maximum absolute atomic E-state index is 12.4.